The number of carboxylic acid groups (broad SMARTS) is 1. The standard InChI is InChI=1S/C25H34N4O7S/c1-5-8-36-25(34)28-11-18(9-16(28)6-7-27-13-26-10-17(27)12-35-4)37-22-14(2)20-19(15(3)30)23(31)29(20)21(22)24(32)33/h5,10,13-16,18-20,30H,1,6-9,11-12H2,2-4H3,(H,32,33)/t14-,15-,16-,18+,19-,20-/m1/s1. The molecule has 6 atom stereocenters. The van der Waals surface area contributed by atoms with Crippen LogP contribution in [0.2, 0.25) is 0 Å². The van der Waals surface area contributed by atoms with Gasteiger partial charge in [-0.05, 0) is 19.8 Å². The molecule has 2 fully saturated rings. The first-order valence-corrected chi connectivity index (χ1v) is 13.2. The van der Waals surface area contributed by atoms with Gasteiger partial charge in [-0.25, -0.2) is 14.6 Å². The van der Waals surface area contributed by atoms with Gasteiger partial charge in [0.2, 0.25) is 5.91 Å². The number of carboxylic acids is 1. The molecule has 3 aliphatic heterocycles. The van der Waals surface area contributed by atoms with Gasteiger partial charge in [0.25, 0.3) is 0 Å². The van der Waals surface area contributed by atoms with E-state index in [9.17, 15) is 24.6 Å². The van der Waals surface area contributed by atoms with Gasteiger partial charge in [-0.15, -0.1) is 11.8 Å². The van der Waals surface area contributed by atoms with Crippen LogP contribution >= 0.6 is 11.8 Å². The molecule has 0 unspecified atom stereocenters. The maximum absolute atomic E-state index is 12.9. The van der Waals surface area contributed by atoms with Crippen molar-refractivity contribution in [1.29, 1.82) is 0 Å². The van der Waals surface area contributed by atoms with Crippen LogP contribution in [0.5, 0.6) is 0 Å². The molecule has 202 valence electrons. The Hall–Kier alpha value is -2.83. The van der Waals surface area contributed by atoms with Crippen molar-refractivity contribution < 1.29 is 34.1 Å². The summed E-state index contributed by atoms with van der Waals surface area (Å²) < 4.78 is 12.6. The number of aromatic nitrogens is 2. The van der Waals surface area contributed by atoms with Gasteiger partial charge >= 0.3 is 12.1 Å². The number of aliphatic hydroxyl groups is 1. The predicted molar refractivity (Wildman–Crippen MR) is 135 cm³/mol. The maximum atomic E-state index is 12.9. The van der Waals surface area contributed by atoms with E-state index in [-0.39, 0.29) is 41.5 Å². The normalized spacial score (nSPS) is 27.8. The number of fused-ring (bicyclic) bond motifs is 1. The average molecular weight is 535 g/mol. The molecule has 12 heteroatoms. The summed E-state index contributed by atoms with van der Waals surface area (Å²) in [5, 5.41) is 20.0. The highest BCUT2D eigenvalue weighted by Gasteiger charge is 2.60. The summed E-state index contributed by atoms with van der Waals surface area (Å²) in [5.74, 6) is -2.35. The molecule has 2 amide bonds. The fraction of sp³-hybridized carbons (Fsp3) is 0.600. The Morgan fingerprint density at radius 2 is 2.16 bits per heavy atom. The van der Waals surface area contributed by atoms with Crippen molar-refractivity contribution in [1.82, 2.24) is 19.4 Å². The van der Waals surface area contributed by atoms with Gasteiger partial charge in [-0.3, -0.25) is 4.79 Å². The smallest absolute Gasteiger partial charge is 0.410 e. The molecule has 1 aromatic heterocycles. The summed E-state index contributed by atoms with van der Waals surface area (Å²) >= 11 is 1.42. The van der Waals surface area contributed by atoms with E-state index in [1.54, 1.807) is 31.5 Å². The van der Waals surface area contributed by atoms with E-state index in [0.717, 1.165) is 5.69 Å². The number of thioether (sulfide) groups is 1. The zero-order valence-electron chi connectivity index (χ0n) is 21.3. The third-order valence-corrected chi connectivity index (χ3v) is 8.83. The molecule has 2 N–H and O–H groups in total. The monoisotopic (exact) mass is 534 g/mol. The van der Waals surface area contributed by atoms with Crippen molar-refractivity contribution in [2.24, 2.45) is 11.8 Å². The number of likely N-dealkylation sites (tertiary alicyclic amines) is 1. The minimum Gasteiger partial charge on any atom is -0.477 e. The number of carbonyl (C=O) groups excluding carboxylic acids is 2. The Labute approximate surface area is 220 Å². The Morgan fingerprint density at radius 1 is 1.41 bits per heavy atom. The van der Waals surface area contributed by atoms with Crippen molar-refractivity contribution in [3.05, 3.63) is 41.5 Å². The molecule has 4 heterocycles. The maximum Gasteiger partial charge on any atom is 0.410 e. The van der Waals surface area contributed by atoms with Crippen LogP contribution in [0, 0.1) is 11.8 Å². The highest BCUT2D eigenvalue weighted by Crippen LogP contribution is 2.52. The summed E-state index contributed by atoms with van der Waals surface area (Å²) in [4.78, 5) is 45.5. The number of aryl methyl sites for hydroxylation is 1. The Kier molecular flexibility index (Phi) is 8.29. The van der Waals surface area contributed by atoms with Crippen molar-refractivity contribution >= 4 is 29.7 Å². The zero-order valence-corrected chi connectivity index (χ0v) is 22.1. The molecule has 0 spiro atoms. The number of methoxy groups -OCH3 is 1. The molecule has 0 aromatic carbocycles. The van der Waals surface area contributed by atoms with Crippen LogP contribution in [0.25, 0.3) is 0 Å². The number of aliphatic hydroxyl groups excluding tert-OH is 1. The van der Waals surface area contributed by atoms with Crippen molar-refractivity contribution in [3.8, 4) is 0 Å². The van der Waals surface area contributed by atoms with Gasteiger partial charge in [0, 0.05) is 42.3 Å². The number of imidazole rings is 1. The highest BCUT2D eigenvalue weighted by molar-refractivity contribution is 8.03. The van der Waals surface area contributed by atoms with Gasteiger partial charge in [0.05, 0.1) is 42.9 Å². The van der Waals surface area contributed by atoms with E-state index in [1.807, 2.05) is 11.5 Å². The number of rotatable bonds is 11. The highest BCUT2D eigenvalue weighted by atomic mass is 32.2. The number of β-lactam (4-membered cyclic amide) rings is 1. The third-order valence-electron chi connectivity index (χ3n) is 7.33. The van der Waals surface area contributed by atoms with Crippen molar-refractivity contribution in [2.75, 3.05) is 20.3 Å². The van der Waals surface area contributed by atoms with Crippen LogP contribution < -0.4 is 0 Å². The van der Waals surface area contributed by atoms with Crippen LogP contribution in [-0.4, -0.2) is 91.2 Å². The fourth-order valence-corrected chi connectivity index (χ4v) is 7.20. The first-order chi connectivity index (χ1) is 17.7. The Bertz CT molecular complexity index is 1090. The van der Waals surface area contributed by atoms with Gasteiger partial charge in [-0.1, -0.05) is 19.6 Å². The minimum absolute atomic E-state index is 0.00347. The van der Waals surface area contributed by atoms with Gasteiger partial charge < -0.3 is 34.1 Å². The van der Waals surface area contributed by atoms with E-state index in [4.69, 9.17) is 9.47 Å². The predicted octanol–water partition coefficient (Wildman–Crippen LogP) is 2.07. The first kappa shape index (κ1) is 27.2. The second kappa shape index (κ2) is 11.3. The summed E-state index contributed by atoms with van der Waals surface area (Å²) in [6.45, 7) is 8.62. The van der Waals surface area contributed by atoms with Gasteiger partial charge in [-0.2, -0.15) is 0 Å². The summed E-state index contributed by atoms with van der Waals surface area (Å²) in [5.41, 5.74) is 0.932. The minimum atomic E-state index is -1.16. The molecule has 0 aliphatic carbocycles. The summed E-state index contributed by atoms with van der Waals surface area (Å²) in [6.07, 6.45) is 5.01. The number of ether oxygens (including phenoxy) is 2. The summed E-state index contributed by atoms with van der Waals surface area (Å²) in [6, 6.07) is -0.491. The molecule has 0 saturated carbocycles. The van der Waals surface area contributed by atoms with Crippen LogP contribution in [0.4, 0.5) is 4.79 Å². The molecular weight excluding hydrogens is 500 g/mol. The van der Waals surface area contributed by atoms with Gasteiger partial charge in [0.15, 0.2) is 0 Å². The molecule has 2 saturated heterocycles. The summed E-state index contributed by atoms with van der Waals surface area (Å²) in [7, 11) is 1.62. The fourth-order valence-electron chi connectivity index (χ4n) is 5.63. The average Bonchev–Trinajstić information content (AvgIpc) is 3.52. The largest absolute Gasteiger partial charge is 0.477 e. The zero-order chi connectivity index (χ0) is 26.9. The Morgan fingerprint density at radius 3 is 2.81 bits per heavy atom. The SMILES string of the molecule is C=CCOC(=O)N1C[C@@H](SC2=C(C(=O)O)N3C(=O)[C@H]([C@@H](C)O)[C@H]3[C@H]2C)C[C@H]1CCn1cncc1COC. The lowest BCUT2D eigenvalue weighted by Gasteiger charge is -2.46. The number of hydrogen-bond acceptors (Lipinski definition) is 8. The molecule has 0 radical (unpaired) electrons. The lowest BCUT2D eigenvalue weighted by Crippen LogP contribution is -2.63. The topological polar surface area (TPSA) is 134 Å². The lowest BCUT2D eigenvalue weighted by atomic mass is 9.79. The van der Waals surface area contributed by atoms with Crippen molar-refractivity contribution in [2.45, 2.75) is 63.3 Å². The van der Waals surface area contributed by atoms with Crippen LogP contribution in [-0.2, 0) is 32.2 Å². The molecular formula is C25H34N4O7S. The van der Waals surface area contributed by atoms with E-state index in [2.05, 4.69) is 11.6 Å². The van der Waals surface area contributed by atoms with E-state index in [1.165, 1.54) is 22.7 Å². The number of hydrogen-bond donors (Lipinski definition) is 2. The molecule has 3 aliphatic rings. The second-order valence-corrected chi connectivity index (χ2v) is 11.1. The van der Waals surface area contributed by atoms with Crippen LogP contribution in [0.1, 0.15) is 32.4 Å². The molecule has 37 heavy (non-hydrogen) atoms. The Balaban J connectivity index is 1.51. The molecule has 4 rings (SSSR count). The lowest BCUT2D eigenvalue weighted by molar-refractivity contribution is -0.163. The van der Waals surface area contributed by atoms with E-state index in [0.29, 0.717) is 37.4 Å². The van der Waals surface area contributed by atoms with E-state index >= 15 is 0 Å². The number of aliphatic carboxylic acids is 1. The van der Waals surface area contributed by atoms with E-state index < -0.39 is 24.1 Å². The second-order valence-electron chi connectivity index (χ2n) is 9.72. The van der Waals surface area contributed by atoms with Gasteiger partial charge in [0.1, 0.15) is 12.3 Å². The number of nitrogens with zero attached hydrogens (tertiary/aromatic N) is 4. The molecule has 11 nitrogen and oxygen atoms in total. The first-order valence-electron chi connectivity index (χ1n) is 12.4. The van der Waals surface area contributed by atoms with Crippen LogP contribution in [0.15, 0.2) is 35.8 Å². The molecule has 1 aromatic rings. The van der Waals surface area contributed by atoms with Crippen LogP contribution in [0.3, 0.4) is 0 Å². The quantitative estimate of drug-likeness (QED) is 0.323. The van der Waals surface area contributed by atoms with Crippen molar-refractivity contribution in [3.63, 3.8) is 0 Å². The number of amides is 2. The third kappa shape index (κ3) is 5.14. The number of carbonyl (C=O) groups is 3. The molecule has 0 bridgehead atoms.